The molecule has 0 spiro atoms. The fraction of sp³-hybridized carbons (Fsp3) is 0.462. The van der Waals surface area contributed by atoms with Crippen LogP contribution in [0.3, 0.4) is 0 Å². The van der Waals surface area contributed by atoms with E-state index in [9.17, 15) is 4.79 Å². The molecule has 0 fully saturated rings. The Balaban J connectivity index is 2.10. The van der Waals surface area contributed by atoms with Crippen molar-refractivity contribution in [1.29, 1.82) is 0 Å². The third-order valence-electron chi connectivity index (χ3n) is 3.17. The second-order valence-corrected chi connectivity index (χ2v) is 4.62. The van der Waals surface area contributed by atoms with E-state index >= 15 is 0 Å². The lowest BCUT2D eigenvalue weighted by Crippen LogP contribution is -2.24. The van der Waals surface area contributed by atoms with Gasteiger partial charge in [0.15, 0.2) is 0 Å². The number of carbonyl (C=O) groups excluding carboxylic acids is 1. The first-order chi connectivity index (χ1) is 9.02. The molecule has 6 heteroatoms. The molecule has 0 saturated carbocycles. The van der Waals surface area contributed by atoms with E-state index in [0.717, 1.165) is 23.5 Å². The van der Waals surface area contributed by atoms with Gasteiger partial charge >= 0.3 is 0 Å². The Bertz CT molecular complexity index is 584. The Morgan fingerprint density at radius 2 is 2.11 bits per heavy atom. The first kappa shape index (κ1) is 13.3. The lowest BCUT2D eigenvalue weighted by atomic mass is 10.3. The fourth-order valence-corrected chi connectivity index (χ4v) is 1.89. The molecule has 0 saturated heterocycles. The van der Waals surface area contributed by atoms with Crippen LogP contribution in [0.1, 0.15) is 31.1 Å². The molecule has 6 nitrogen and oxygen atoms in total. The highest BCUT2D eigenvalue weighted by molar-refractivity contribution is 5.93. The molecule has 0 aliphatic rings. The van der Waals surface area contributed by atoms with Gasteiger partial charge in [-0.15, -0.1) is 0 Å². The molecule has 1 unspecified atom stereocenters. The number of rotatable bonds is 4. The van der Waals surface area contributed by atoms with Crippen LogP contribution in [0.25, 0.3) is 0 Å². The zero-order valence-corrected chi connectivity index (χ0v) is 11.7. The second kappa shape index (κ2) is 5.26. The third kappa shape index (κ3) is 2.67. The van der Waals surface area contributed by atoms with Crippen molar-refractivity contribution in [2.24, 2.45) is 0 Å². The quantitative estimate of drug-likeness (QED) is 0.914. The van der Waals surface area contributed by atoms with Crippen LogP contribution >= 0.6 is 0 Å². The largest absolute Gasteiger partial charge is 0.321 e. The number of amides is 1. The van der Waals surface area contributed by atoms with Crippen LogP contribution < -0.4 is 5.32 Å². The number of nitrogens with one attached hydrogen (secondary N) is 1. The predicted octanol–water partition coefficient (Wildman–Crippen LogP) is 1.92. The van der Waals surface area contributed by atoms with E-state index in [2.05, 4.69) is 15.5 Å². The summed E-state index contributed by atoms with van der Waals surface area (Å²) in [5.41, 5.74) is 2.75. The molecule has 2 aromatic rings. The Morgan fingerprint density at radius 1 is 1.37 bits per heavy atom. The van der Waals surface area contributed by atoms with Crippen molar-refractivity contribution >= 4 is 11.6 Å². The topological polar surface area (TPSA) is 64.7 Å². The smallest absolute Gasteiger partial charge is 0.249 e. The second-order valence-electron chi connectivity index (χ2n) is 4.62. The molecule has 2 heterocycles. The zero-order chi connectivity index (χ0) is 14.0. The van der Waals surface area contributed by atoms with Gasteiger partial charge in [0.1, 0.15) is 6.04 Å². The van der Waals surface area contributed by atoms with Crippen LogP contribution in [-0.2, 0) is 11.3 Å². The number of hydrogen-bond donors (Lipinski definition) is 1. The van der Waals surface area contributed by atoms with Crippen LogP contribution in [0.5, 0.6) is 0 Å². The summed E-state index contributed by atoms with van der Waals surface area (Å²) in [6, 6.07) is -0.349. The minimum Gasteiger partial charge on any atom is -0.321 e. The maximum absolute atomic E-state index is 12.2. The SMILES string of the molecule is CCn1ncc(NC(=O)C(C)n2cc(C)cn2)c1C. The van der Waals surface area contributed by atoms with E-state index in [1.165, 1.54) is 0 Å². The Kier molecular flexibility index (Phi) is 3.69. The molecule has 0 aromatic carbocycles. The Labute approximate surface area is 112 Å². The predicted molar refractivity (Wildman–Crippen MR) is 72.9 cm³/mol. The van der Waals surface area contributed by atoms with Crippen molar-refractivity contribution in [2.45, 2.75) is 40.3 Å². The summed E-state index contributed by atoms with van der Waals surface area (Å²) in [5.74, 6) is -0.0955. The molecule has 0 radical (unpaired) electrons. The first-order valence-corrected chi connectivity index (χ1v) is 6.37. The standard InChI is InChI=1S/C13H19N5O/c1-5-17-10(3)12(7-15-17)16-13(19)11(4)18-8-9(2)6-14-18/h6-8,11H,5H2,1-4H3,(H,16,19). The summed E-state index contributed by atoms with van der Waals surface area (Å²) in [5, 5.41) is 11.2. The number of carbonyl (C=O) groups is 1. The molecule has 2 rings (SSSR count). The highest BCUT2D eigenvalue weighted by Gasteiger charge is 2.17. The minimum atomic E-state index is -0.349. The highest BCUT2D eigenvalue weighted by Crippen LogP contribution is 2.16. The molecule has 1 amide bonds. The maximum Gasteiger partial charge on any atom is 0.249 e. The van der Waals surface area contributed by atoms with Crippen LogP contribution in [-0.4, -0.2) is 25.5 Å². The Hall–Kier alpha value is -2.11. The van der Waals surface area contributed by atoms with Gasteiger partial charge < -0.3 is 5.32 Å². The molecule has 2 aromatic heterocycles. The van der Waals surface area contributed by atoms with Crippen molar-refractivity contribution in [1.82, 2.24) is 19.6 Å². The van der Waals surface area contributed by atoms with Crippen molar-refractivity contribution < 1.29 is 4.79 Å². The summed E-state index contributed by atoms with van der Waals surface area (Å²) >= 11 is 0. The van der Waals surface area contributed by atoms with Gasteiger partial charge in [0, 0.05) is 12.7 Å². The van der Waals surface area contributed by atoms with Gasteiger partial charge in [-0.1, -0.05) is 0 Å². The van der Waals surface area contributed by atoms with E-state index in [0.29, 0.717) is 0 Å². The monoisotopic (exact) mass is 261 g/mol. The molecule has 102 valence electrons. The van der Waals surface area contributed by atoms with Gasteiger partial charge in [0.25, 0.3) is 0 Å². The molecule has 1 N–H and O–H groups in total. The fourth-order valence-electron chi connectivity index (χ4n) is 1.89. The summed E-state index contributed by atoms with van der Waals surface area (Å²) in [6.45, 7) is 8.51. The van der Waals surface area contributed by atoms with Crippen molar-refractivity contribution in [2.75, 3.05) is 5.32 Å². The first-order valence-electron chi connectivity index (χ1n) is 6.37. The number of aromatic nitrogens is 4. The van der Waals surface area contributed by atoms with Crippen LogP contribution in [0.15, 0.2) is 18.6 Å². The summed E-state index contributed by atoms with van der Waals surface area (Å²) < 4.78 is 3.50. The zero-order valence-electron chi connectivity index (χ0n) is 11.7. The van der Waals surface area contributed by atoms with Gasteiger partial charge in [-0.25, -0.2) is 0 Å². The van der Waals surface area contributed by atoms with Crippen LogP contribution in [0.2, 0.25) is 0 Å². The summed E-state index contributed by atoms with van der Waals surface area (Å²) in [4.78, 5) is 12.2. The third-order valence-corrected chi connectivity index (χ3v) is 3.17. The summed E-state index contributed by atoms with van der Waals surface area (Å²) in [7, 11) is 0. The molecule has 19 heavy (non-hydrogen) atoms. The molecular formula is C13H19N5O. The lowest BCUT2D eigenvalue weighted by molar-refractivity contribution is -0.119. The van der Waals surface area contributed by atoms with Gasteiger partial charge in [-0.3, -0.25) is 14.2 Å². The average molecular weight is 261 g/mol. The van der Waals surface area contributed by atoms with Gasteiger partial charge in [0.2, 0.25) is 5.91 Å². The van der Waals surface area contributed by atoms with E-state index in [1.807, 2.05) is 38.6 Å². The minimum absolute atomic E-state index is 0.0955. The van der Waals surface area contributed by atoms with Gasteiger partial charge in [-0.2, -0.15) is 10.2 Å². The van der Waals surface area contributed by atoms with Gasteiger partial charge in [0.05, 0.1) is 23.8 Å². The highest BCUT2D eigenvalue weighted by atomic mass is 16.2. The number of nitrogens with zero attached hydrogens (tertiary/aromatic N) is 4. The van der Waals surface area contributed by atoms with Crippen molar-refractivity contribution in [3.8, 4) is 0 Å². The number of hydrogen-bond acceptors (Lipinski definition) is 3. The lowest BCUT2D eigenvalue weighted by Gasteiger charge is -2.12. The van der Waals surface area contributed by atoms with Crippen LogP contribution in [0.4, 0.5) is 5.69 Å². The number of anilines is 1. The number of aryl methyl sites for hydroxylation is 2. The van der Waals surface area contributed by atoms with E-state index in [1.54, 1.807) is 17.1 Å². The van der Waals surface area contributed by atoms with Crippen LogP contribution in [0, 0.1) is 13.8 Å². The molecule has 1 atom stereocenters. The van der Waals surface area contributed by atoms with Crippen molar-refractivity contribution in [3.63, 3.8) is 0 Å². The Morgan fingerprint density at radius 3 is 2.63 bits per heavy atom. The van der Waals surface area contributed by atoms with E-state index in [-0.39, 0.29) is 11.9 Å². The maximum atomic E-state index is 12.2. The molecule has 0 bridgehead atoms. The molecule has 0 aliphatic heterocycles. The normalized spacial score (nSPS) is 12.4. The van der Waals surface area contributed by atoms with Crippen molar-refractivity contribution in [3.05, 3.63) is 29.8 Å². The molecular weight excluding hydrogens is 242 g/mol. The van der Waals surface area contributed by atoms with E-state index in [4.69, 9.17) is 0 Å². The molecule has 0 aliphatic carbocycles. The van der Waals surface area contributed by atoms with E-state index < -0.39 is 0 Å². The average Bonchev–Trinajstić information content (AvgIpc) is 2.96. The summed E-state index contributed by atoms with van der Waals surface area (Å²) in [6.07, 6.45) is 5.27. The van der Waals surface area contributed by atoms with Gasteiger partial charge in [-0.05, 0) is 33.3 Å².